The Morgan fingerprint density at radius 3 is 3.30 bits per heavy atom. The van der Waals surface area contributed by atoms with Crippen LogP contribution in [0.1, 0.15) is 6.42 Å². The molecular weight excluding hydrogens is 334 g/mol. The van der Waals surface area contributed by atoms with Crippen LogP contribution in [0.2, 0.25) is 0 Å². The zero-order chi connectivity index (χ0) is 16.2. The van der Waals surface area contributed by atoms with E-state index in [-0.39, 0.29) is 18.1 Å². The zero-order valence-electron chi connectivity index (χ0n) is 12.8. The van der Waals surface area contributed by atoms with Gasteiger partial charge in [0.2, 0.25) is 5.91 Å². The smallest absolute Gasteiger partial charge is 0.230 e. The van der Waals surface area contributed by atoms with Gasteiger partial charge < -0.3 is 20.5 Å². The third kappa shape index (κ3) is 4.14. The van der Waals surface area contributed by atoms with Crippen LogP contribution < -0.4 is 11.1 Å². The van der Waals surface area contributed by atoms with Gasteiger partial charge in [0.25, 0.3) is 0 Å². The van der Waals surface area contributed by atoms with Crippen molar-refractivity contribution in [1.29, 1.82) is 0 Å². The van der Waals surface area contributed by atoms with Gasteiger partial charge in [0.05, 0.1) is 28.6 Å². The molecule has 23 heavy (non-hydrogen) atoms. The van der Waals surface area contributed by atoms with Crippen molar-refractivity contribution in [2.75, 3.05) is 31.8 Å². The number of amides is 1. The van der Waals surface area contributed by atoms with E-state index in [2.05, 4.69) is 10.3 Å². The van der Waals surface area contributed by atoms with Gasteiger partial charge in [0.1, 0.15) is 6.10 Å². The molecule has 6 nitrogen and oxygen atoms in total. The van der Waals surface area contributed by atoms with Gasteiger partial charge in [0, 0.05) is 19.4 Å². The highest BCUT2D eigenvalue weighted by Gasteiger charge is 2.26. The van der Waals surface area contributed by atoms with Crippen molar-refractivity contribution in [1.82, 2.24) is 10.3 Å². The van der Waals surface area contributed by atoms with E-state index in [9.17, 15) is 4.79 Å². The Bertz CT molecular complexity index is 692. The average Bonchev–Trinajstić information content (AvgIpc) is 2.95. The Balaban J connectivity index is 1.55. The Labute approximate surface area is 142 Å². The number of thioether (sulfide) groups is 1. The van der Waals surface area contributed by atoms with Crippen LogP contribution in [0.25, 0.3) is 10.2 Å². The van der Waals surface area contributed by atoms with Crippen molar-refractivity contribution in [2.24, 2.45) is 0 Å². The quantitative estimate of drug-likeness (QED) is 0.631. The lowest BCUT2D eigenvalue weighted by atomic mass is 10.1. The lowest BCUT2D eigenvalue weighted by Crippen LogP contribution is -2.50. The monoisotopic (exact) mass is 353 g/mol. The molecule has 0 radical (unpaired) electrons. The predicted octanol–water partition coefficient (Wildman–Crippen LogP) is 1.89. The van der Waals surface area contributed by atoms with Crippen LogP contribution in [0.3, 0.4) is 0 Å². The molecule has 1 saturated heterocycles. The van der Waals surface area contributed by atoms with Gasteiger partial charge in [-0.2, -0.15) is 0 Å². The van der Waals surface area contributed by atoms with Crippen molar-refractivity contribution in [3.8, 4) is 0 Å². The minimum atomic E-state index is -0.0804. The van der Waals surface area contributed by atoms with E-state index in [4.69, 9.17) is 15.2 Å². The fourth-order valence-electron chi connectivity index (χ4n) is 2.47. The van der Waals surface area contributed by atoms with E-state index < -0.39 is 0 Å². The van der Waals surface area contributed by atoms with Gasteiger partial charge in [0.15, 0.2) is 4.34 Å². The molecule has 0 spiro atoms. The summed E-state index contributed by atoms with van der Waals surface area (Å²) in [6.45, 7) is 1.17. The number of aromatic nitrogens is 1. The number of carbonyl (C=O) groups is 1. The van der Waals surface area contributed by atoms with Crippen molar-refractivity contribution in [2.45, 2.75) is 22.9 Å². The summed E-state index contributed by atoms with van der Waals surface area (Å²) in [4.78, 5) is 16.6. The molecule has 1 unspecified atom stereocenters. The van der Waals surface area contributed by atoms with Crippen LogP contribution in [0, 0.1) is 0 Å². The van der Waals surface area contributed by atoms with E-state index in [1.807, 2.05) is 18.2 Å². The number of nitrogens with one attached hydrogen (secondary N) is 1. The van der Waals surface area contributed by atoms with Gasteiger partial charge >= 0.3 is 0 Å². The summed E-state index contributed by atoms with van der Waals surface area (Å²) in [5.74, 6) is 0.325. The summed E-state index contributed by atoms with van der Waals surface area (Å²) in [6.07, 6.45) is 0.693. The van der Waals surface area contributed by atoms with Gasteiger partial charge in [-0.3, -0.25) is 4.79 Å². The van der Waals surface area contributed by atoms with Crippen LogP contribution in [0.15, 0.2) is 22.5 Å². The molecule has 0 bridgehead atoms. The van der Waals surface area contributed by atoms with Crippen LogP contribution in [-0.2, 0) is 14.3 Å². The second kappa shape index (κ2) is 7.48. The lowest BCUT2D eigenvalue weighted by molar-refractivity contribution is -0.122. The third-order valence-corrected chi connectivity index (χ3v) is 5.83. The molecule has 1 aromatic carbocycles. The summed E-state index contributed by atoms with van der Waals surface area (Å²) in [5, 5.41) is 3.03. The van der Waals surface area contributed by atoms with Gasteiger partial charge in [-0.25, -0.2) is 4.98 Å². The second-order valence-corrected chi connectivity index (χ2v) is 7.56. The van der Waals surface area contributed by atoms with E-state index in [1.165, 1.54) is 11.8 Å². The lowest BCUT2D eigenvalue weighted by Gasteiger charge is -2.30. The highest BCUT2D eigenvalue weighted by molar-refractivity contribution is 8.01. The van der Waals surface area contributed by atoms with E-state index >= 15 is 0 Å². The molecule has 1 fully saturated rings. The first-order valence-electron chi connectivity index (χ1n) is 7.34. The molecule has 2 atom stereocenters. The Morgan fingerprint density at radius 1 is 1.61 bits per heavy atom. The fraction of sp³-hybridized carbons (Fsp3) is 0.467. The van der Waals surface area contributed by atoms with E-state index in [0.29, 0.717) is 19.0 Å². The van der Waals surface area contributed by atoms with Crippen molar-refractivity contribution < 1.29 is 14.3 Å². The number of fused-ring (bicyclic) bond motifs is 1. The first-order chi connectivity index (χ1) is 11.2. The van der Waals surface area contributed by atoms with Crippen LogP contribution in [-0.4, -0.2) is 49.1 Å². The maximum Gasteiger partial charge on any atom is 0.230 e. The average molecular weight is 353 g/mol. The van der Waals surface area contributed by atoms with Gasteiger partial charge in [-0.05, 0) is 24.6 Å². The molecule has 2 heterocycles. The van der Waals surface area contributed by atoms with E-state index in [0.717, 1.165) is 26.7 Å². The summed E-state index contributed by atoms with van der Waals surface area (Å²) >= 11 is 2.99. The second-order valence-electron chi connectivity index (χ2n) is 5.31. The number of benzene rings is 1. The molecule has 3 N–H and O–H groups in total. The Kier molecular flexibility index (Phi) is 5.37. The van der Waals surface area contributed by atoms with Crippen molar-refractivity contribution in [3.05, 3.63) is 18.2 Å². The predicted molar refractivity (Wildman–Crippen MR) is 92.9 cm³/mol. The maximum absolute atomic E-state index is 12.1. The number of hydrogen-bond acceptors (Lipinski definition) is 7. The minimum Gasteiger partial charge on any atom is -0.399 e. The van der Waals surface area contributed by atoms with Crippen LogP contribution >= 0.6 is 23.1 Å². The number of carbonyl (C=O) groups excluding carboxylic acids is 1. The molecule has 1 aliphatic rings. The SMILES string of the molecule is COC1COCC[C@@H]1NC(=O)CSc1nc2ccc(N)cc2s1. The number of anilines is 1. The minimum absolute atomic E-state index is 0.0111. The molecule has 2 aromatic rings. The van der Waals surface area contributed by atoms with Crippen molar-refractivity contribution >= 4 is 44.9 Å². The van der Waals surface area contributed by atoms with Crippen LogP contribution in [0.5, 0.6) is 0 Å². The highest BCUT2D eigenvalue weighted by atomic mass is 32.2. The third-order valence-electron chi connectivity index (χ3n) is 3.67. The largest absolute Gasteiger partial charge is 0.399 e. The first kappa shape index (κ1) is 16.5. The zero-order valence-corrected chi connectivity index (χ0v) is 14.4. The van der Waals surface area contributed by atoms with Gasteiger partial charge in [-0.15, -0.1) is 11.3 Å². The molecule has 124 valence electrons. The molecule has 0 saturated carbocycles. The summed E-state index contributed by atoms with van der Waals surface area (Å²) < 4.78 is 12.6. The Hall–Kier alpha value is -1.35. The molecule has 1 aliphatic heterocycles. The number of nitrogens with two attached hydrogens (primary N) is 1. The molecule has 1 amide bonds. The Morgan fingerprint density at radius 2 is 2.48 bits per heavy atom. The number of nitrogen functional groups attached to an aromatic ring is 1. The van der Waals surface area contributed by atoms with Crippen molar-refractivity contribution in [3.63, 3.8) is 0 Å². The summed E-state index contributed by atoms with van der Waals surface area (Å²) in [6, 6.07) is 5.65. The normalized spacial score (nSPS) is 21.4. The number of ether oxygens (including phenoxy) is 2. The maximum atomic E-state index is 12.1. The summed E-state index contributed by atoms with van der Waals surface area (Å²) in [7, 11) is 1.64. The van der Waals surface area contributed by atoms with Gasteiger partial charge in [-0.1, -0.05) is 11.8 Å². The standard InChI is InChI=1S/C15H19N3O3S2/c1-20-12-7-21-5-4-10(12)17-14(19)8-22-15-18-11-3-2-9(16)6-13(11)23-15/h2-3,6,10,12H,4-5,7-8,16H2,1H3,(H,17,19)/t10-,12?/m0/s1. The first-order valence-corrected chi connectivity index (χ1v) is 9.14. The number of nitrogens with zero attached hydrogens (tertiary/aromatic N) is 1. The van der Waals surface area contributed by atoms with Crippen LogP contribution in [0.4, 0.5) is 5.69 Å². The summed E-state index contributed by atoms with van der Waals surface area (Å²) in [5.41, 5.74) is 7.41. The molecular formula is C15H19N3O3S2. The number of hydrogen-bond donors (Lipinski definition) is 2. The topological polar surface area (TPSA) is 86.5 Å². The molecule has 1 aromatic heterocycles. The fourth-order valence-corrected chi connectivity index (χ4v) is 4.39. The highest BCUT2D eigenvalue weighted by Crippen LogP contribution is 2.30. The number of rotatable bonds is 5. The van der Waals surface area contributed by atoms with E-state index in [1.54, 1.807) is 18.4 Å². The number of thiazole rings is 1. The molecule has 8 heteroatoms. The molecule has 3 rings (SSSR count). The molecule has 0 aliphatic carbocycles. The number of methoxy groups -OCH3 is 1.